The summed E-state index contributed by atoms with van der Waals surface area (Å²) in [4.78, 5) is 11.7. The van der Waals surface area contributed by atoms with Crippen molar-refractivity contribution in [3.63, 3.8) is 0 Å². The van der Waals surface area contributed by atoms with Crippen molar-refractivity contribution in [1.82, 2.24) is 0 Å². The summed E-state index contributed by atoms with van der Waals surface area (Å²) in [5, 5.41) is 6.32. The van der Waals surface area contributed by atoms with Gasteiger partial charge in [0.15, 0.2) is 0 Å². The molecule has 2 rings (SSSR count). The molecular formula is C19H24N2O. The number of amides is 1. The minimum absolute atomic E-state index is 0.0603. The molecule has 0 spiro atoms. The monoisotopic (exact) mass is 296 g/mol. The number of nitrogens with one attached hydrogen (secondary N) is 2. The molecular weight excluding hydrogens is 272 g/mol. The SMILES string of the molecule is Cc1ccc(Nc2ccc(NC(=O)CC(C)C)cc2)c(C)c1. The number of aryl methyl sites for hydroxylation is 2. The van der Waals surface area contributed by atoms with E-state index in [1.54, 1.807) is 0 Å². The number of hydrogen-bond acceptors (Lipinski definition) is 2. The smallest absolute Gasteiger partial charge is 0.224 e. The summed E-state index contributed by atoms with van der Waals surface area (Å²) < 4.78 is 0. The number of benzene rings is 2. The van der Waals surface area contributed by atoms with Gasteiger partial charge in [0.25, 0.3) is 0 Å². The molecule has 0 aromatic heterocycles. The summed E-state index contributed by atoms with van der Waals surface area (Å²) in [6.45, 7) is 8.26. The largest absolute Gasteiger partial charge is 0.355 e. The van der Waals surface area contributed by atoms with Crippen LogP contribution in [0.3, 0.4) is 0 Å². The van der Waals surface area contributed by atoms with Crippen LogP contribution in [0.1, 0.15) is 31.4 Å². The zero-order valence-electron chi connectivity index (χ0n) is 13.7. The van der Waals surface area contributed by atoms with E-state index in [1.165, 1.54) is 11.1 Å². The van der Waals surface area contributed by atoms with Gasteiger partial charge in [0.1, 0.15) is 0 Å². The molecule has 0 aliphatic rings. The highest BCUT2D eigenvalue weighted by molar-refractivity contribution is 5.91. The van der Waals surface area contributed by atoms with Crippen molar-refractivity contribution in [3.8, 4) is 0 Å². The zero-order chi connectivity index (χ0) is 16.1. The Kier molecular flexibility index (Phi) is 5.21. The zero-order valence-corrected chi connectivity index (χ0v) is 13.7. The Hall–Kier alpha value is -2.29. The number of rotatable bonds is 5. The first-order valence-electron chi connectivity index (χ1n) is 7.68. The van der Waals surface area contributed by atoms with Gasteiger partial charge in [0, 0.05) is 23.5 Å². The lowest BCUT2D eigenvalue weighted by molar-refractivity contribution is -0.116. The lowest BCUT2D eigenvalue weighted by atomic mass is 10.1. The van der Waals surface area contributed by atoms with Crippen LogP contribution in [0.4, 0.5) is 17.1 Å². The van der Waals surface area contributed by atoms with E-state index in [0.29, 0.717) is 12.3 Å². The van der Waals surface area contributed by atoms with Crippen LogP contribution in [0.5, 0.6) is 0 Å². The van der Waals surface area contributed by atoms with Crippen LogP contribution < -0.4 is 10.6 Å². The van der Waals surface area contributed by atoms with Crippen LogP contribution in [0.15, 0.2) is 42.5 Å². The van der Waals surface area contributed by atoms with Gasteiger partial charge < -0.3 is 10.6 Å². The van der Waals surface area contributed by atoms with E-state index in [2.05, 4.69) is 42.7 Å². The van der Waals surface area contributed by atoms with E-state index in [-0.39, 0.29) is 5.91 Å². The molecule has 22 heavy (non-hydrogen) atoms. The second-order valence-electron chi connectivity index (χ2n) is 6.17. The third-order valence-corrected chi connectivity index (χ3v) is 3.42. The molecule has 2 N–H and O–H groups in total. The van der Waals surface area contributed by atoms with Gasteiger partial charge in [-0.1, -0.05) is 31.5 Å². The second kappa shape index (κ2) is 7.12. The van der Waals surface area contributed by atoms with E-state index < -0.39 is 0 Å². The quantitative estimate of drug-likeness (QED) is 0.812. The fourth-order valence-corrected chi connectivity index (χ4v) is 2.33. The summed E-state index contributed by atoms with van der Waals surface area (Å²) in [5.41, 5.74) is 5.41. The van der Waals surface area contributed by atoms with Crippen LogP contribution in [0.25, 0.3) is 0 Å². The van der Waals surface area contributed by atoms with E-state index in [1.807, 2.05) is 38.1 Å². The van der Waals surface area contributed by atoms with E-state index in [4.69, 9.17) is 0 Å². The van der Waals surface area contributed by atoms with Gasteiger partial charge in [0.2, 0.25) is 5.91 Å². The van der Waals surface area contributed by atoms with Gasteiger partial charge in [0.05, 0.1) is 0 Å². The summed E-state index contributed by atoms with van der Waals surface area (Å²) in [7, 11) is 0. The molecule has 3 heteroatoms. The lowest BCUT2D eigenvalue weighted by Crippen LogP contribution is -2.13. The molecule has 0 bridgehead atoms. The van der Waals surface area contributed by atoms with Crippen LogP contribution >= 0.6 is 0 Å². The van der Waals surface area contributed by atoms with Crippen molar-refractivity contribution in [2.24, 2.45) is 5.92 Å². The Labute approximate surface area is 132 Å². The Morgan fingerprint density at radius 3 is 2.23 bits per heavy atom. The van der Waals surface area contributed by atoms with Crippen molar-refractivity contribution < 1.29 is 4.79 Å². The van der Waals surface area contributed by atoms with Crippen LogP contribution in [0.2, 0.25) is 0 Å². The van der Waals surface area contributed by atoms with Crippen molar-refractivity contribution in [2.45, 2.75) is 34.1 Å². The van der Waals surface area contributed by atoms with Crippen LogP contribution in [-0.4, -0.2) is 5.91 Å². The first kappa shape index (κ1) is 16.1. The van der Waals surface area contributed by atoms with Crippen molar-refractivity contribution in [3.05, 3.63) is 53.6 Å². The fraction of sp³-hybridized carbons (Fsp3) is 0.316. The minimum Gasteiger partial charge on any atom is -0.355 e. The number of carbonyl (C=O) groups is 1. The number of carbonyl (C=O) groups excluding carboxylic acids is 1. The molecule has 3 nitrogen and oxygen atoms in total. The third kappa shape index (κ3) is 4.62. The highest BCUT2D eigenvalue weighted by Crippen LogP contribution is 2.22. The Balaban J connectivity index is 2.01. The van der Waals surface area contributed by atoms with Crippen molar-refractivity contribution in [2.75, 3.05) is 10.6 Å². The average molecular weight is 296 g/mol. The summed E-state index contributed by atoms with van der Waals surface area (Å²) in [5.74, 6) is 0.426. The standard InChI is InChI=1S/C19H24N2O/c1-13(2)11-19(22)21-17-8-6-16(7-9-17)20-18-10-5-14(3)12-15(18)4/h5-10,12-13,20H,11H2,1-4H3,(H,21,22). The first-order chi connectivity index (χ1) is 10.4. The summed E-state index contributed by atoms with van der Waals surface area (Å²) >= 11 is 0. The van der Waals surface area contributed by atoms with Gasteiger partial charge >= 0.3 is 0 Å². The average Bonchev–Trinajstić information content (AvgIpc) is 2.43. The lowest BCUT2D eigenvalue weighted by Gasteiger charge is -2.12. The number of anilines is 3. The van der Waals surface area contributed by atoms with Crippen LogP contribution in [-0.2, 0) is 4.79 Å². The van der Waals surface area contributed by atoms with Gasteiger partial charge in [-0.05, 0) is 55.7 Å². The Bertz CT molecular complexity index is 645. The molecule has 0 unspecified atom stereocenters. The molecule has 1 amide bonds. The van der Waals surface area contributed by atoms with Gasteiger partial charge in [-0.25, -0.2) is 0 Å². The molecule has 0 fully saturated rings. The van der Waals surface area contributed by atoms with E-state index in [9.17, 15) is 4.79 Å². The summed E-state index contributed by atoms with van der Waals surface area (Å²) in [6.07, 6.45) is 0.544. The minimum atomic E-state index is 0.0603. The third-order valence-electron chi connectivity index (χ3n) is 3.42. The van der Waals surface area contributed by atoms with Crippen molar-refractivity contribution >= 4 is 23.0 Å². The fourth-order valence-electron chi connectivity index (χ4n) is 2.33. The van der Waals surface area contributed by atoms with Gasteiger partial charge in [-0.2, -0.15) is 0 Å². The highest BCUT2D eigenvalue weighted by atomic mass is 16.1. The predicted molar refractivity (Wildman–Crippen MR) is 93.7 cm³/mol. The van der Waals surface area contributed by atoms with Gasteiger partial charge in [-0.3, -0.25) is 4.79 Å². The molecule has 0 heterocycles. The van der Waals surface area contributed by atoms with E-state index in [0.717, 1.165) is 17.1 Å². The Morgan fingerprint density at radius 1 is 1.00 bits per heavy atom. The molecule has 116 valence electrons. The second-order valence-corrected chi connectivity index (χ2v) is 6.17. The molecule has 0 radical (unpaired) electrons. The Morgan fingerprint density at radius 2 is 1.64 bits per heavy atom. The molecule has 0 saturated heterocycles. The normalized spacial score (nSPS) is 10.6. The topological polar surface area (TPSA) is 41.1 Å². The molecule has 2 aromatic carbocycles. The maximum Gasteiger partial charge on any atom is 0.224 e. The van der Waals surface area contributed by atoms with Crippen molar-refractivity contribution in [1.29, 1.82) is 0 Å². The molecule has 2 aromatic rings. The predicted octanol–water partition coefficient (Wildman–Crippen LogP) is 5.03. The maximum atomic E-state index is 11.7. The molecule has 0 aliphatic carbocycles. The van der Waals surface area contributed by atoms with Crippen LogP contribution in [0, 0.1) is 19.8 Å². The first-order valence-corrected chi connectivity index (χ1v) is 7.68. The molecule has 0 saturated carbocycles. The molecule has 0 aliphatic heterocycles. The van der Waals surface area contributed by atoms with Gasteiger partial charge in [-0.15, -0.1) is 0 Å². The number of hydrogen-bond donors (Lipinski definition) is 2. The van der Waals surface area contributed by atoms with E-state index >= 15 is 0 Å². The maximum absolute atomic E-state index is 11.7. The summed E-state index contributed by atoms with van der Waals surface area (Å²) in [6, 6.07) is 14.1. The highest BCUT2D eigenvalue weighted by Gasteiger charge is 2.05. The molecule has 0 atom stereocenters.